The maximum absolute atomic E-state index is 14.4. The Labute approximate surface area is 149 Å². The van der Waals surface area contributed by atoms with Gasteiger partial charge in [-0.1, -0.05) is 37.6 Å². The zero-order chi connectivity index (χ0) is 20.9. The third-order valence-corrected chi connectivity index (χ3v) is 4.84. The highest BCUT2D eigenvalue weighted by atomic mass is 19.4. The molecule has 1 nitrogen and oxygen atoms in total. The maximum Gasteiger partial charge on any atom is 0.381 e. The molecule has 0 amide bonds. The molecular formula is C17H17F9O. The van der Waals surface area contributed by atoms with Crippen LogP contribution < -0.4 is 0 Å². The number of aliphatic hydroxyl groups is 1. The van der Waals surface area contributed by atoms with Gasteiger partial charge in [0.15, 0.2) is 0 Å². The van der Waals surface area contributed by atoms with E-state index in [0.29, 0.717) is 6.42 Å². The summed E-state index contributed by atoms with van der Waals surface area (Å²) < 4.78 is 122. The van der Waals surface area contributed by atoms with Gasteiger partial charge in [0.2, 0.25) is 0 Å². The van der Waals surface area contributed by atoms with Crippen LogP contribution in [0.4, 0.5) is 39.5 Å². The SMILES string of the molecule is CCCCc1ccc(C(O)CC2(F)C(F)(F)C(F)(F)C(F)(F)C2(F)F)cc1. The fourth-order valence-electron chi connectivity index (χ4n) is 3.02. The Morgan fingerprint density at radius 2 is 1.22 bits per heavy atom. The van der Waals surface area contributed by atoms with Gasteiger partial charge < -0.3 is 5.11 Å². The lowest BCUT2D eigenvalue weighted by atomic mass is 9.87. The van der Waals surface area contributed by atoms with Crippen LogP contribution in [0.2, 0.25) is 0 Å². The minimum Gasteiger partial charge on any atom is -0.388 e. The van der Waals surface area contributed by atoms with E-state index in [2.05, 4.69) is 0 Å². The van der Waals surface area contributed by atoms with Crippen molar-refractivity contribution in [3.8, 4) is 0 Å². The lowest BCUT2D eigenvalue weighted by molar-refractivity contribution is -0.303. The van der Waals surface area contributed by atoms with Crippen LogP contribution in [0.15, 0.2) is 24.3 Å². The molecule has 10 heteroatoms. The summed E-state index contributed by atoms with van der Waals surface area (Å²) in [4.78, 5) is 0. The molecule has 0 bridgehead atoms. The molecule has 1 aliphatic rings. The number of benzene rings is 1. The molecular weight excluding hydrogens is 391 g/mol. The highest BCUT2D eigenvalue weighted by molar-refractivity contribution is 5.30. The molecule has 0 radical (unpaired) electrons. The first-order chi connectivity index (χ1) is 12.2. The number of halogens is 9. The van der Waals surface area contributed by atoms with Crippen LogP contribution in [0, 0.1) is 0 Å². The zero-order valence-electron chi connectivity index (χ0n) is 14.1. The van der Waals surface area contributed by atoms with E-state index in [0.717, 1.165) is 30.5 Å². The summed E-state index contributed by atoms with van der Waals surface area (Å²) in [6.07, 6.45) is -2.46. The molecule has 2 rings (SSSR count). The van der Waals surface area contributed by atoms with E-state index >= 15 is 0 Å². The Balaban J connectivity index is 2.34. The number of aliphatic hydroxyl groups excluding tert-OH is 1. The summed E-state index contributed by atoms with van der Waals surface area (Å²) in [5.74, 6) is -26.0. The lowest BCUT2D eigenvalue weighted by Gasteiger charge is -2.32. The van der Waals surface area contributed by atoms with Crippen LogP contribution in [-0.2, 0) is 6.42 Å². The van der Waals surface area contributed by atoms with Gasteiger partial charge >= 0.3 is 23.7 Å². The molecule has 1 unspecified atom stereocenters. The predicted molar refractivity (Wildman–Crippen MR) is 78.3 cm³/mol. The van der Waals surface area contributed by atoms with Crippen molar-refractivity contribution in [1.29, 1.82) is 0 Å². The topological polar surface area (TPSA) is 20.2 Å². The second-order valence-electron chi connectivity index (χ2n) is 6.66. The van der Waals surface area contributed by atoms with Gasteiger partial charge in [0.1, 0.15) is 0 Å². The molecule has 0 heterocycles. The van der Waals surface area contributed by atoms with E-state index in [1.54, 1.807) is 0 Å². The average molecular weight is 408 g/mol. The van der Waals surface area contributed by atoms with Gasteiger partial charge in [-0.3, -0.25) is 0 Å². The highest BCUT2D eigenvalue weighted by Gasteiger charge is 3.00. The van der Waals surface area contributed by atoms with Gasteiger partial charge in [0.05, 0.1) is 6.10 Å². The standard InChI is InChI=1S/C17H17F9O/c1-2-3-4-10-5-7-11(8-6-10)12(27)9-13(18)14(19,20)16(23,24)17(25,26)15(13,21)22/h5-8,12,27H,2-4,9H2,1H3. The third kappa shape index (κ3) is 2.82. The highest BCUT2D eigenvalue weighted by Crippen LogP contribution is 2.70. The Hall–Kier alpha value is -1.45. The second kappa shape index (κ2) is 6.56. The van der Waals surface area contributed by atoms with Gasteiger partial charge in [0.25, 0.3) is 5.67 Å². The molecule has 1 atom stereocenters. The van der Waals surface area contributed by atoms with Crippen LogP contribution in [-0.4, -0.2) is 34.5 Å². The van der Waals surface area contributed by atoms with Crippen molar-refractivity contribution in [2.24, 2.45) is 0 Å². The molecule has 27 heavy (non-hydrogen) atoms. The third-order valence-electron chi connectivity index (χ3n) is 4.84. The Morgan fingerprint density at radius 3 is 1.63 bits per heavy atom. The van der Waals surface area contributed by atoms with E-state index < -0.39 is 41.9 Å². The quantitative estimate of drug-likeness (QED) is 0.598. The molecule has 154 valence electrons. The summed E-state index contributed by atoms with van der Waals surface area (Å²) in [6.45, 7) is 1.92. The number of unbranched alkanes of at least 4 members (excludes halogenated alkanes) is 1. The van der Waals surface area contributed by atoms with E-state index in [4.69, 9.17) is 0 Å². The van der Waals surface area contributed by atoms with Crippen LogP contribution in [0.3, 0.4) is 0 Å². The van der Waals surface area contributed by atoms with Crippen LogP contribution in [0.1, 0.15) is 43.4 Å². The second-order valence-corrected chi connectivity index (χ2v) is 6.66. The van der Waals surface area contributed by atoms with Crippen molar-refractivity contribution in [1.82, 2.24) is 0 Å². The monoisotopic (exact) mass is 408 g/mol. The van der Waals surface area contributed by atoms with Crippen LogP contribution >= 0.6 is 0 Å². The molecule has 1 aliphatic carbocycles. The van der Waals surface area contributed by atoms with Gasteiger partial charge in [-0.05, 0) is 24.0 Å². The largest absolute Gasteiger partial charge is 0.388 e. The fraction of sp³-hybridized carbons (Fsp3) is 0.647. The van der Waals surface area contributed by atoms with Crippen molar-refractivity contribution in [2.75, 3.05) is 0 Å². The maximum atomic E-state index is 14.4. The minimum absolute atomic E-state index is 0.336. The average Bonchev–Trinajstić information content (AvgIpc) is 2.63. The first-order valence-corrected chi connectivity index (χ1v) is 8.14. The molecule has 0 aromatic heterocycles. The summed E-state index contributed by atoms with van der Waals surface area (Å²) in [5, 5.41) is 9.82. The zero-order valence-corrected chi connectivity index (χ0v) is 14.1. The van der Waals surface area contributed by atoms with Gasteiger partial charge in [-0.25, -0.2) is 4.39 Å². The summed E-state index contributed by atoms with van der Waals surface area (Å²) in [5.41, 5.74) is -5.23. The smallest absolute Gasteiger partial charge is 0.381 e. The van der Waals surface area contributed by atoms with Crippen molar-refractivity contribution in [2.45, 2.75) is 68.1 Å². The number of hydrogen-bond acceptors (Lipinski definition) is 1. The van der Waals surface area contributed by atoms with Gasteiger partial charge in [-0.15, -0.1) is 0 Å². The van der Waals surface area contributed by atoms with Crippen molar-refractivity contribution < 1.29 is 44.6 Å². The summed E-state index contributed by atoms with van der Waals surface area (Å²) in [6, 6.07) is 5.04. The van der Waals surface area contributed by atoms with Gasteiger partial charge in [-0.2, -0.15) is 35.1 Å². The molecule has 0 spiro atoms. The number of aryl methyl sites for hydroxylation is 1. The van der Waals surface area contributed by atoms with Crippen molar-refractivity contribution in [3.63, 3.8) is 0 Å². The first kappa shape index (κ1) is 21.8. The number of rotatable bonds is 6. The fourth-order valence-corrected chi connectivity index (χ4v) is 3.02. The normalized spacial score (nSPS) is 25.3. The minimum atomic E-state index is -6.62. The summed E-state index contributed by atoms with van der Waals surface area (Å²) >= 11 is 0. The van der Waals surface area contributed by atoms with E-state index in [1.807, 2.05) is 6.92 Å². The Morgan fingerprint density at radius 1 is 0.778 bits per heavy atom. The van der Waals surface area contributed by atoms with Gasteiger partial charge in [0, 0.05) is 6.42 Å². The molecule has 0 saturated heterocycles. The molecule has 1 saturated carbocycles. The molecule has 1 aromatic rings. The molecule has 1 fully saturated rings. The van der Waals surface area contributed by atoms with E-state index in [9.17, 15) is 44.6 Å². The molecule has 1 aromatic carbocycles. The van der Waals surface area contributed by atoms with Crippen molar-refractivity contribution in [3.05, 3.63) is 35.4 Å². The molecule has 0 aliphatic heterocycles. The van der Waals surface area contributed by atoms with Crippen LogP contribution in [0.5, 0.6) is 0 Å². The predicted octanol–water partition coefficient (Wildman–Crippen LogP) is 5.72. The lowest BCUT2D eigenvalue weighted by Crippen LogP contribution is -2.55. The van der Waals surface area contributed by atoms with Crippen LogP contribution in [0.25, 0.3) is 0 Å². The number of alkyl halides is 9. The molecule has 1 N–H and O–H groups in total. The Bertz CT molecular complexity index is 643. The van der Waals surface area contributed by atoms with E-state index in [1.165, 1.54) is 12.1 Å². The summed E-state index contributed by atoms with van der Waals surface area (Å²) in [7, 11) is 0. The van der Waals surface area contributed by atoms with E-state index in [-0.39, 0.29) is 5.56 Å². The number of hydrogen-bond donors (Lipinski definition) is 1. The van der Waals surface area contributed by atoms with Crippen molar-refractivity contribution >= 4 is 0 Å². The first-order valence-electron chi connectivity index (χ1n) is 8.14. The Kier molecular flexibility index (Phi) is 5.31.